The number of hydrogen-bond donors (Lipinski definition) is 1. The maximum absolute atomic E-state index is 5.83. The summed E-state index contributed by atoms with van der Waals surface area (Å²) in [5.74, 6) is 0.178. The summed E-state index contributed by atoms with van der Waals surface area (Å²) >= 11 is 8.99. The highest BCUT2D eigenvalue weighted by atomic mass is 79.9. The standard InChI is InChI=1S/C5H3BrClN5/c6-3-4(7)12-2(1-9-3)10-5(8)11-12/h1H,(H2,8,11). The molecule has 2 heterocycles. The van der Waals surface area contributed by atoms with Crippen LogP contribution in [0.15, 0.2) is 10.8 Å². The van der Waals surface area contributed by atoms with Gasteiger partial charge < -0.3 is 5.73 Å². The largest absolute Gasteiger partial charge is 0.366 e. The summed E-state index contributed by atoms with van der Waals surface area (Å²) < 4.78 is 1.93. The average molecular weight is 248 g/mol. The molecule has 7 heteroatoms. The molecule has 2 aromatic heterocycles. The highest BCUT2D eigenvalue weighted by Gasteiger charge is 2.07. The first kappa shape index (κ1) is 7.75. The van der Waals surface area contributed by atoms with E-state index in [1.807, 2.05) is 0 Å². The van der Waals surface area contributed by atoms with Crippen molar-refractivity contribution in [3.05, 3.63) is 16.0 Å². The van der Waals surface area contributed by atoms with E-state index in [1.165, 1.54) is 10.7 Å². The molecule has 0 saturated carbocycles. The van der Waals surface area contributed by atoms with Gasteiger partial charge in [0.2, 0.25) is 5.95 Å². The second-order valence-electron chi connectivity index (χ2n) is 2.08. The predicted molar refractivity (Wildman–Crippen MR) is 47.9 cm³/mol. The van der Waals surface area contributed by atoms with Gasteiger partial charge in [-0.3, -0.25) is 0 Å². The molecule has 0 aromatic carbocycles. The zero-order valence-corrected chi connectivity index (χ0v) is 8.04. The summed E-state index contributed by atoms with van der Waals surface area (Å²) in [7, 11) is 0. The van der Waals surface area contributed by atoms with E-state index < -0.39 is 0 Å². The van der Waals surface area contributed by atoms with Gasteiger partial charge in [-0.1, -0.05) is 11.6 Å². The lowest BCUT2D eigenvalue weighted by Gasteiger charge is -1.95. The molecule has 0 fully saturated rings. The van der Waals surface area contributed by atoms with Gasteiger partial charge in [0.1, 0.15) is 4.60 Å². The fourth-order valence-corrected chi connectivity index (χ4v) is 1.27. The van der Waals surface area contributed by atoms with E-state index in [0.29, 0.717) is 15.4 Å². The Morgan fingerprint density at radius 3 is 3.08 bits per heavy atom. The van der Waals surface area contributed by atoms with Crippen LogP contribution in [0.2, 0.25) is 5.15 Å². The van der Waals surface area contributed by atoms with Crippen molar-refractivity contribution >= 4 is 39.1 Å². The Balaban J connectivity index is 2.89. The van der Waals surface area contributed by atoms with E-state index in [-0.39, 0.29) is 5.95 Å². The van der Waals surface area contributed by atoms with Gasteiger partial charge in [-0.25, -0.2) is 4.98 Å². The van der Waals surface area contributed by atoms with Crippen LogP contribution in [0, 0.1) is 0 Å². The van der Waals surface area contributed by atoms with Crippen molar-refractivity contribution in [1.29, 1.82) is 0 Å². The van der Waals surface area contributed by atoms with Crippen molar-refractivity contribution in [3.8, 4) is 0 Å². The molecule has 0 bridgehead atoms. The van der Waals surface area contributed by atoms with Gasteiger partial charge in [0, 0.05) is 0 Å². The number of aromatic nitrogens is 4. The zero-order valence-electron chi connectivity index (χ0n) is 5.70. The minimum absolute atomic E-state index is 0.178. The monoisotopic (exact) mass is 247 g/mol. The van der Waals surface area contributed by atoms with E-state index in [9.17, 15) is 0 Å². The number of anilines is 1. The quantitative estimate of drug-likeness (QED) is 0.758. The van der Waals surface area contributed by atoms with Crippen LogP contribution in [0.4, 0.5) is 5.95 Å². The number of nitrogens with two attached hydrogens (primary N) is 1. The van der Waals surface area contributed by atoms with Crippen molar-refractivity contribution in [2.45, 2.75) is 0 Å². The van der Waals surface area contributed by atoms with Gasteiger partial charge in [-0.05, 0) is 15.9 Å². The van der Waals surface area contributed by atoms with E-state index in [0.717, 1.165) is 0 Å². The van der Waals surface area contributed by atoms with Crippen molar-refractivity contribution in [3.63, 3.8) is 0 Å². The van der Waals surface area contributed by atoms with Gasteiger partial charge in [0.15, 0.2) is 10.8 Å². The summed E-state index contributed by atoms with van der Waals surface area (Å²) in [5, 5.41) is 4.21. The molecule has 0 aliphatic heterocycles. The topological polar surface area (TPSA) is 69.1 Å². The molecular weight excluding hydrogens is 245 g/mol. The molecule has 0 saturated heterocycles. The number of rotatable bonds is 0. The third kappa shape index (κ3) is 1.03. The lowest BCUT2D eigenvalue weighted by atomic mass is 10.7. The maximum atomic E-state index is 5.83. The molecule has 2 rings (SSSR count). The number of nitrogens with zero attached hydrogens (tertiary/aromatic N) is 4. The molecular formula is C5H3BrClN5. The molecule has 0 unspecified atom stereocenters. The second-order valence-corrected chi connectivity index (χ2v) is 3.19. The minimum atomic E-state index is 0.178. The second kappa shape index (κ2) is 2.56. The fourth-order valence-electron chi connectivity index (χ4n) is 0.824. The van der Waals surface area contributed by atoms with E-state index in [4.69, 9.17) is 17.3 Å². The molecule has 0 spiro atoms. The van der Waals surface area contributed by atoms with Crippen molar-refractivity contribution in [2.24, 2.45) is 0 Å². The Morgan fingerprint density at radius 2 is 2.33 bits per heavy atom. The van der Waals surface area contributed by atoms with Gasteiger partial charge in [0.25, 0.3) is 0 Å². The van der Waals surface area contributed by atoms with Crippen molar-refractivity contribution in [2.75, 3.05) is 5.73 Å². The molecule has 0 aliphatic carbocycles. The van der Waals surface area contributed by atoms with Crippen LogP contribution in [-0.4, -0.2) is 19.6 Å². The predicted octanol–water partition coefficient (Wildman–Crippen LogP) is 1.12. The van der Waals surface area contributed by atoms with Gasteiger partial charge in [-0.2, -0.15) is 9.50 Å². The van der Waals surface area contributed by atoms with Crippen LogP contribution in [0.25, 0.3) is 5.65 Å². The normalized spacial score (nSPS) is 10.8. The first-order valence-electron chi connectivity index (χ1n) is 3.01. The summed E-state index contributed by atoms with van der Waals surface area (Å²) in [6.07, 6.45) is 1.53. The fraction of sp³-hybridized carbons (Fsp3) is 0. The molecule has 2 aromatic rings. The number of fused-ring (bicyclic) bond motifs is 1. The lowest BCUT2D eigenvalue weighted by Crippen LogP contribution is -1.93. The summed E-state index contributed by atoms with van der Waals surface area (Å²) in [6.45, 7) is 0. The summed E-state index contributed by atoms with van der Waals surface area (Å²) in [5.41, 5.74) is 5.89. The highest BCUT2D eigenvalue weighted by molar-refractivity contribution is 9.10. The number of hydrogen-bond acceptors (Lipinski definition) is 4. The van der Waals surface area contributed by atoms with Crippen LogP contribution >= 0.6 is 27.5 Å². The van der Waals surface area contributed by atoms with E-state index >= 15 is 0 Å². The molecule has 0 amide bonds. The third-order valence-electron chi connectivity index (χ3n) is 1.30. The van der Waals surface area contributed by atoms with Crippen LogP contribution in [0.3, 0.4) is 0 Å². The minimum Gasteiger partial charge on any atom is -0.366 e. The smallest absolute Gasteiger partial charge is 0.240 e. The molecule has 2 N–H and O–H groups in total. The highest BCUT2D eigenvalue weighted by Crippen LogP contribution is 2.19. The molecule has 0 atom stereocenters. The van der Waals surface area contributed by atoms with Crippen LogP contribution < -0.4 is 5.73 Å². The van der Waals surface area contributed by atoms with Crippen molar-refractivity contribution < 1.29 is 0 Å². The average Bonchev–Trinajstić information content (AvgIpc) is 2.39. The lowest BCUT2D eigenvalue weighted by molar-refractivity contribution is 0.943. The molecule has 0 radical (unpaired) electrons. The Kier molecular flexibility index (Phi) is 1.66. The molecule has 0 aliphatic rings. The molecule has 62 valence electrons. The van der Waals surface area contributed by atoms with Crippen LogP contribution in [0.1, 0.15) is 0 Å². The third-order valence-corrected chi connectivity index (χ3v) is 2.45. The van der Waals surface area contributed by atoms with Crippen LogP contribution in [-0.2, 0) is 0 Å². The number of nitrogen functional groups attached to an aromatic ring is 1. The Hall–Kier alpha value is -0.880. The van der Waals surface area contributed by atoms with Crippen LogP contribution in [0.5, 0.6) is 0 Å². The molecule has 5 nitrogen and oxygen atoms in total. The first-order valence-corrected chi connectivity index (χ1v) is 4.18. The Bertz CT molecular complexity index is 439. The van der Waals surface area contributed by atoms with Gasteiger partial charge in [0.05, 0.1) is 6.20 Å². The first-order chi connectivity index (χ1) is 5.68. The zero-order chi connectivity index (χ0) is 8.72. The van der Waals surface area contributed by atoms with Gasteiger partial charge in [-0.15, -0.1) is 5.10 Å². The number of halogens is 2. The van der Waals surface area contributed by atoms with Crippen molar-refractivity contribution in [1.82, 2.24) is 19.6 Å². The Morgan fingerprint density at radius 1 is 1.58 bits per heavy atom. The van der Waals surface area contributed by atoms with E-state index in [2.05, 4.69) is 31.0 Å². The summed E-state index contributed by atoms with van der Waals surface area (Å²) in [6, 6.07) is 0. The Labute approximate surface area is 80.7 Å². The summed E-state index contributed by atoms with van der Waals surface area (Å²) in [4.78, 5) is 7.80. The molecule has 12 heavy (non-hydrogen) atoms. The maximum Gasteiger partial charge on any atom is 0.240 e. The van der Waals surface area contributed by atoms with E-state index in [1.54, 1.807) is 0 Å². The SMILES string of the molecule is Nc1nc2cnc(Br)c(Cl)n2n1. The van der Waals surface area contributed by atoms with Gasteiger partial charge >= 0.3 is 0 Å².